The minimum atomic E-state index is -0.404. The first-order valence-electron chi connectivity index (χ1n) is 10.1. The van der Waals surface area contributed by atoms with E-state index in [4.69, 9.17) is 28.3 Å². The van der Waals surface area contributed by atoms with E-state index in [2.05, 4.69) is 12.0 Å². The summed E-state index contributed by atoms with van der Waals surface area (Å²) >= 11 is 12.2. The standard InChI is InChI=1S/C23H24Cl2N4O/c1-2-3-4-20(30)14-28-15-29-23(27-28)22(17-7-11-19(25)12-8-17)21(13-26-29)16-5-9-18(24)10-6-16/h5-13,20,30H,2-4,14-15H2,1H3/t20-/m1/s1. The Morgan fingerprint density at radius 2 is 1.63 bits per heavy atom. The number of hydrazone groups is 2. The van der Waals surface area contributed by atoms with Crippen LogP contribution in [0.5, 0.6) is 0 Å². The Balaban J connectivity index is 1.72. The number of aliphatic hydroxyl groups is 1. The molecule has 156 valence electrons. The Morgan fingerprint density at radius 3 is 2.27 bits per heavy atom. The van der Waals surface area contributed by atoms with Crippen LogP contribution in [0.15, 0.2) is 58.7 Å². The fourth-order valence-electron chi connectivity index (χ4n) is 3.64. The Hall–Kier alpha value is -2.34. The number of rotatable bonds is 7. The van der Waals surface area contributed by atoms with Crippen molar-refractivity contribution in [2.24, 2.45) is 10.2 Å². The van der Waals surface area contributed by atoms with E-state index >= 15 is 0 Å². The van der Waals surface area contributed by atoms with Crippen molar-refractivity contribution >= 4 is 46.4 Å². The van der Waals surface area contributed by atoms with Crippen LogP contribution in [0, 0.1) is 0 Å². The summed E-state index contributed by atoms with van der Waals surface area (Å²) in [5, 5.41) is 24.9. The highest BCUT2D eigenvalue weighted by atomic mass is 35.5. The van der Waals surface area contributed by atoms with Gasteiger partial charge in [-0.1, -0.05) is 67.2 Å². The van der Waals surface area contributed by atoms with Gasteiger partial charge >= 0.3 is 0 Å². The lowest BCUT2D eigenvalue weighted by molar-refractivity contribution is 0.0974. The molecule has 0 saturated carbocycles. The van der Waals surface area contributed by atoms with Crippen LogP contribution in [-0.2, 0) is 0 Å². The lowest BCUT2D eigenvalue weighted by Crippen LogP contribution is -2.32. The number of hydrogen-bond donors (Lipinski definition) is 1. The van der Waals surface area contributed by atoms with Gasteiger partial charge in [-0.25, -0.2) is 5.01 Å². The molecule has 0 unspecified atom stereocenters. The molecule has 0 aliphatic carbocycles. The number of fused-ring (bicyclic) bond motifs is 1. The van der Waals surface area contributed by atoms with Gasteiger partial charge in [0.1, 0.15) is 6.67 Å². The van der Waals surface area contributed by atoms with Crippen molar-refractivity contribution in [3.05, 3.63) is 69.7 Å². The highest BCUT2D eigenvalue weighted by Crippen LogP contribution is 2.34. The van der Waals surface area contributed by atoms with Gasteiger partial charge in [0.2, 0.25) is 0 Å². The number of hydrogen-bond acceptors (Lipinski definition) is 5. The predicted octanol–water partition coefficient (Wildman–Crippen LogP) is 5.34. The van der Waals surface area contributed by atoms with E-state index in [0.717, 1.165) is 47.4 Å². The fraction of sp³-hybridized carbons (Fsp3) is 0.304. The van der Waals surface area contributed by atoms with Crippen molar-refractivity contribution in [1.29, 1.82) is 0 Å². The molecule has 1 atom stereocenters. The van der Waals surface area contributed by atoms with Crippen LogP contribution in [0.1, 0.15) is 37.3 Å². The van der Waals surface area contributed by atoms with Gasteiger partial charge < -0.3 is 5.11 Å². The third-order valence-corrected chi connectivity index (χ3v) is 5.70. The maximum atomic E-state index is 10.3. The van der Waals surface area contributed by atoms with Crippen molar-refractivity contribution < 1.29 is 5.11 Å². The number of allylic oxidation sites excluding steroid dienone is 1. The Labute approximate surface area is 186 Å². The first kappa shape index (κ1) is 20.9. The zero-order chi connectivity index (χ0) is 21.1. The van der Waals surface area contributed by atoms with Crippen molar-refractivity contribution in [3.63, 3.8) is 0 Å². The quantitative estimate of drug-likeness (QED) is 0.628. The summed E-state index contributed by atoms with van der Waals surface area (Å²) in [5.41, 5.74) is 3.97. The first-order valence-corrected chi connectivity index (χ1v) is 10.9. The highest BCUT2D eigenvalue weighted by Gasteiger charge is 2.32. The molecule has 0 amide bonds. The smallest absolute Gasteiger partial charge is 0.179 e. The topological polar surface area (TPSA) is 51.4 Å². The van der Waals surface area contributed by atoms with Gasteiger partial charge in [-0.3, -0.25) is 5.01 Å². The summed E-state index contributed by atoms with van der Waals surface area (Å²) in [5.74, 6) is 0.771. The van der Waals surface area contributed by atoms with E-state index in [1.54, 1.807) is 0 Å². The van der Waals surface area contributed by atoms with Crippen LogP contribution in [-0.4, -0.2) is 46.5 Å². The van der Waals surface area contributed by atoms with Gasteiger partial charge in [-0.15, -0.1) is 0 Å². The van der Waals surface area contributed by atoms with Gasteiger partial charge in [0.25, 0.3) is 0 Å². The molecule has 0 saturated heterocycles. The SMILES string of the molecule is CCCC[C@@H](O)CN1CN2N=CC(c3ccc(Cl)cc3)=C(c3ccc(Cl)cc3)C2=N1. The van der Waals surface area contributed by atoms with E-state index in [1.807, 2.05) is 64.8 Å². The molecule has 0 bridgehead atoms. The van der Waals surface area contributed by atoms with Gasteiger partial charge in [-0.2, -0.15) is 10.2 Å². The van der Waals surface area contributed by atoms with E-state index in [9.17, 15) is 5.11 Å². The summed E-state index contributed by atoms with van der Waals surface area (Å²) in [4.78, 5) is 0. The van der Waals surface area contributed by atoms with Crippen molar-refractivity contribution in [2.45, 2.75) is 32.3 Å². The predicted molar refractivity (Wildman–Crippen MR) is 125 cm³/mol. The molecule has 4 rings (SSSR count). The van der Waals surface area contributed by atoms with E-state index in [-0.39, 0.29) is 0 Å². The fourth-order valence-corrected chi connectivity index (χ4v) is 3.90. The van der Waals surface area contributed by atoms with E-state index in [1.165, 1.54) is 0 Å². The summed E-state index contributed by atoms with van der Waals surface area (Å²) in [7, 11) is 0. The molecule has 0 radical (unpaired) electrons. The zero-order valence-corrected chi connectivity index (χ0v) is 18.3. The average Bonchev–Trinajstić information content (AvgIpc) is 3.15. The highest BCUT2D eigenvalue weighted by molar-refractivity contribution is 6.40. The van der Waals surface area contributed by atoms with Crippen molar-refractivity contribution in [3.8, 4) is 0 Å². The molecule has 2 aliphatic rings. The van der Waals surface area contributed by atoms with Gasteiger partial charge in [0, 0.05) is 21.2 Å². The molecule has 1 N–H and O–H groups in total. The van der Waals surface area contributed by atoms with Gasteiger partial charge in [0.15, 0.2) is 5.84 Å². The molecular weight excluding hydrogens is 419 g/mol. The summed E-state index contributed by atoms with van der Waals surface area (Å²) in [6.07, 6.45) is 4.30. The molecule has 0 fully saturated rings. The van der Waals surface area contributed by atoms with Crippen LogP contribution in [0.2, 0.25) is 10.0 Å². The summed E-state index contributed by atoms with van der Waals surface area (Å²) in [6.45, 7) is 3.12. The van der Waals surface area contributed by atoms with Crippen molar-refractivity contribution in [2.75, 3.05) is 13.2 Å². The lowest BCUT2D eigenvalue weighted by atomic mass is 9.93. The first-order chi connectivity index (χ1) is 14.5. The van der Waals surface area contributed by atoms with Crippen LogP contribution < -0.4 is 0 Å². The van der Waals surface area contributed by atoms with Crippen LogP contribution in [0.3, 0.4) is 0 Å². The minimum Gasteiger partial charge on any atom is -0.391 e. The van der Waals surface area contributed by atoms with Crippen LogP contribution in [0.25, 0.3) is 11.1 Å². The summed E-state index contributed by atoms with van der Waals surface area (Å²) in [6, 6.07) is 15.4. The monoisotopic (exact) mass is 442 g/mol. The number of amidine groups is 1. The average molecular weight is 443 g/mol. The number of β-amino-alcohol motifs (C(OH)–C–C–N with tert-alkyl or cyclic N) is 1. The Morgan fingerprint density at radius 1 is 1.00 bits per heavy atom. The van der Waals surface area contributed by atoms with E-state index in [0.29, 0.717) is 23.3 Å². The second-order valence-corrected chi connectivity index (χ2v) is 8.37. The molecule has 2 aliphatic heterocycles. The minimum absolute atomic E-state index is 0.404. The van der Waals surface area contributed by atoms with Crippen molar-refractivity contribution in [1.82, 2.24) is 10.0 Å². The maximum Gasteiger partial charge on any atom is 0.179 e. The molecule has 2 aromatic rings. The molecule has 2 heterocycles. The molecule has 0 aromatic heterocycles. The molecule has 0 spiro atoms. The largest absolute Gasteiger partial charge is 0.391 e. The second-order valence-electron chi connectivity index (χ2n) is 7.50. The molecular formula is C23H24Cl2N4O. The zero-order valence-electron chi connectivity index (χ0n) is 16.8. The number of aliphatic hydroxyl groups excluding tert-OH is 1. The molecule has 7 heteroatoms. The molecule has 2 aromatic carbocycles. The Bertz CT molecular complexity index is 983. The van der Waals surface area contributed by atoms with Gasteiger partial charge in [0.05, 0.1) is 18.9 Å². The number of unbranched alkanes of at least 4 members (excludes halogenated alkanes) is 1. The summed E-state index contributed by atoms with van der Waals surface area (Å²) < 4.78 is 0. The molecule has 30 heavy (non-hydrogen) atoms. The normalized spacial score (nSPS) is 16.7. The van der Waals surface area contributed by atoms with Crippen LogP contribution in [0.4, 0.5) is 0 Å². The van der Waals surface area contributed by atoms with E-state index < -0.39 is 6.10 Å². The number of benzene rings is 2. The number of nitrogens with zero attached hydrogens (tertiary/aromatic N) is 4. The second kappa shape index (κ2) is 9.21. The third-order valence-electron chi connectivity index (χ3n) is 5.20. The maximum absolute atomic E-state index is 10.3. The lowest BCUT2D eigenvalue weighted by Gasteiger charge is -2.23. The molecule has 5 nitrogen and oxygen atoms in total. The third kappa shape index (κ3) is 4.53. The van der Waals surface area contributed by atoms with Crippen LogP contribution >= 0.6 is 23.2 Å². The van der Waals surface area contributed by atoms with Gasteiger partial charge in [-0.05, 0) is 41.8 Å². The number of halogens is 2. The Kier molecular flexibility index (Phi) is 6.42.